The Morgan fingerprint density at radius 1 is 1.17 bits per heavy atom. The fourth-order valence-corrected chi connectivity index (χ4v) is 4.51. The monoisotopic (exact) mass is 501 g/mol. The summed E-state index contributed by atoms with van der Waals surface area (Å²) in [6.45, 7) is 0. The summed E-state index contributed by atoms with van der Waals surface area (Å²) >= 11 is 0. The van der Waals surface area contributed by atoms with E-state index in [4.69, 9.17) is 0 Å². The van der Waals surface area contributed by atoms with E-state index in [1.165, 1.54) is 4.52 Å². The molecule has 6 rings (SSSR count). The average molecular weight is 501 g/mol. The van der Waals surface area contributed by atoms with Gasteiger partial charge >= 0.3 is 5.69 Å². The second-order valence-electron chi connectivity index (χ2n) is 9.75. The number of carbonyl (C=O) groups is 1. The van der Waals surface area contributed by atoms with Gasteiger partial charge in [-0.05, 0) is 44.6 Å². The van der Waals surface area contributed by atoms with Gasteiger partial charge in [-0.25, -0.2) is 18.6 Å². The van der Waals surface area contributed by atoms with Crippen LogP contribution in [0.5, 0.6) is 5.88 Å². The third kappa shape index (κ3) is 4.54. The van der Waals surface area contributed by atoms with Gasteiger partial charge in [0.1, 0.15) is 11.6 Å². The van der Waals surface area contributed by atoms with E-state index in [9.17, 15) is 23.5 Å². The second-order valence-corrected chi connectivity index (χ2v) is 9.75. The number of carbonyl (C=O) groups excluding carboxylic acids is 1. The third-order valence-corrected chi connectivity index (χ3v) is 6.81. The number of H-pyrrole nitrogens is 2. The van der Waals surface area contributed by atoms with Crippen LogP contribution in [-0.2, 0) is 4.79 Å². The summed E-state index contributed by atoms with van der Waals surface area (Å²) in [5.41, 5.74) is 0.532. The number of anilines is 1. The van der Waals surface area contributed by atoms with Gasteiger partial charge in [-0.2, -0.15) is 19.6 Å². The molecule has 3 aliphatic rings. The lowest BCUT2D eigenvalue weighted by atomic mass is 9.91. The molecule has 12 nitrogen and oxygen atoms in total. The van der Waals surface area contributed by atoms with Crippen molar-refractivity contribution in [2.45, 2.75) is 69.0 Å². The largest absolute Gasteiger partial charge is 0.493 e. The van der Waals surface area contributed by atoms with E-state index in [0.29, 0.717) is 48.1 Å². The quantitative estimate of drug-likeness (QED) is 0.316. The SMILES string of the molecule is O=C(NC1CCC(Nc2nc(=NC3CC3)n3nc/c(=C\c4[nH]c(=O)[nH]c4O)c3n2)CC1)C1CC1(F)F. The topological polar surface area (TPSA) is 165 Å². The maximum Gasteiger partial charge on any atom is 0.326 e. The number of hydrogen-bond donors (Lipinski definition) is 5. The normalized spacial score (nSPS) is 26.3. The van der Waals surface area contributed by atoms with Crippen LogP contribution in [0, 0.1) is 5.92 Å². The van der Waals surface area contributed by atoms with Crippen molar-refractivity contribution in [2.24, 2.45) is 10.9 Å². The molecule has 3 saturated carbocycles. The Morgan fingerprint density at radius 2 is 1.89 bits per heavy atom. The van der Waals surface area contributed by atoms with Crippen LogP contribution >= 0.6 is 0 Å². The average Bonchev–Trinajstić information content (AvgIpc) is 3.68. The van der Waals surface area contributed by atoms with Crippen molar-refractivity contribution in [3.63, 3.8) is 0 Å². The van der Waals surface area contributed by atoms with Gasteiger partial charge in [-0.3, -0.25) is 9.78 Å². The molecule has 3 aromatic rings. The van der Waals surface area contributed by atoms with Crippen molar-refractivity contribution in [3.8, 4) is 5.88 Å². The number of fused-ring (bicyclic) bond motifs is 1. The number of hydrogen-bond acceptors (Lipinski definition) is 8. The van der Waals surface area contributed by atoms with E-state index in [1.807, 2.05) is 0 Å². The van der Waals surface area contributed by atoms with Crippen LogP contribution in [0.2, 0.25) is 0 Å². The minimum absolute atomic E-state index is 0.0390. The van der Waals surface area contributed by atoms with Crippen molar-refractivity contribution in [2.75, 3.05) is 5.32 Å². The minimum atomic E-state index is -2.86. The zero-order chi connectivity index (χ0) is 25.0. The lowest BCUT2D eigenvalue weighted by Crippen LogP contribution is -2.41. The molecule has 1 atom stereocenters. The van der Waals surface area contributed by atoms with E-state index in [2.05, 4.69) is 40.7 Å². The Balaban J connectivity index is 1.22. The molecule has 0 radical (unpaired) electrons. The van der Waals surface area contributed by atoms with Crippen LogP contribution < -0.4 is 27.2 Å². The van der Waals surface area contributed by atoms with Gasteiger partial charge in [-0.1, -0.05) is 0 Å². The number of aromatic amines is 2. The number of imidazole rings is 1. The van der Waals surface area contributed by atoms with Gasteiger partial charge in [0, 0.05) is 23.7 Å². The molecule has 3 aliphatic carbocycles. The third-order valence-electron chi connectivity index (χ3n) is 6.81. The Labute approximate surface area is 202 Å². The molecule has 0 spiro atoms. The van der Waals surface area contributed by atoms with Gasteiger partial charge in [0.15, 0.2) is 5.65 Å². The highest BCUT2D eigenvalue weighted by Gasteiger charge is 2.61. The van der Waals surface area contributed by atoms with Crippen molar-refractivity contribution < 1.29 is 18.7 Å². The van der Waals surface area contributed by atoms with Gasteiger partial charge < -0.3 is 20.7 Å². The number of halogens is 2. The number of amides is 1. The predicted molar refractivity (Wildman–Crippen MR) is 122 cm³/mol. The summed E-state index contributed by atoms with van der Waals surface area (Å²) in [7, 11) is 0. The second kappa shape index (κ2) is 8.38. The van der Waals surface area contributed by atoms with E-state index in [0.717, 1.165) is 12.8 Å². The van der Waals surface area contributed by atoms with Gasteiger partial charge in [0.25, 0.3) is 11.5 Å². The van der Waals surface area contributed by atoms with Crippen LogP contribution in [0.1, 0.15) is 50.6 Å². The Kier molecular flexibility index (Phi) is 5.26. The van der Waals surface area contributed by atoms with Crippen LogP contribution in [0.3, 0.4) is 0 Å². The lowest BCUT2D eigenvalue weighted by Gasteiger charge is -2.29. The highest BCUT2D eigenvalue weighted by atomic mass is 19.3. The minimum Gasteiger partial charge on any atom is -0.493 e. The molecule has 0 aromatic carbocycles. The first-order valence-corrected chi connectivity index (χ1v) is 12.0. The molecule has 3 fully saturated rings. The van der Waals surface area contributed by atoms with E-state index in [1.54, 1.807) is 12.3 Å². The molecule has 3 aromatic heterocycles. The molecule has 5 N–H and O–H groups in total. The molecular formula is C22H25F2N9O3. The van der Waals surface area contributed by atoms with Crippen LogP contribution in [0.4, 0.5) is 14.7 Å². The van der Waals surface area contributed by atoms with E-state index in [-0.39, 0.29) is 36.1 Å². The molecule has 0 bridgehead atoms. The standard InChI is InChI=1S/C22H25F2N9O3/c23-22(24)8-14(22)17(34)26-11-1-3-12(4-2-11)27-19-30-16-10(7-15-18(35)31-21(36)29-15)9-25-33(16)20(32-19)28-13-5-6-13/h7,9,11-14,35H,1-6,8H2,(H,26,34)(H,27,28,32)(H2,29,31,36)/b10-7+. The van der Waals surface area contributed by atoms with E-state index < -0.39 is 23.4 Å². The van der Waals surface area contributed by atoms with E-state index >= 15 is 0 Å². The number of nitrogens with zero attached hydrogens (tertiary/aromatic N) is 5. The van der Waals surface area contributed by atoms with Gasteiger partial charge in [0.05, 0.1) is 12.2 Å². The maximum absolute atomic E-state index is 13.1. The number of aromatic nitrogens is 6. The molecule has 1 amide bonds. The fraction of sp³-hybridized carbons (Fsp3) is 0.545. The summed E-state index contributed by atoms with van der Waals surface area (Å²) in [6.07, 6.45) is 7.47. The first-order valence-electron chi connectivity index (χ1n) is 12.0. The number of alkyl halides is 2. The van der Waals surface area contributed by atoms with Gasteiger partial charge in [0.2, 0.25) is 17.7 Å². The molecule has 0 aliphatic heterocycles. The number of aromatic hydroxyl groups is 1. The summed E-state index contributed by atoms with van der Waals surface area (Å²) in [5, 5.41) is 20.9. The first-order chi connectivity index (χ1) is 17.2. The van der Waals surface area contributed by atoms with Gasteiger partial charge in [-0.15, -0.1) is 0 Å². The van der Waals surface area contributed by atoms with Crippen LogP contribution in [0.15, 0.2) is 16.0 Å². The smallest absolute Gasteiger partial charge is 0.326 e. The summed E-state index contributed by atoms with van der Waals surface area (Å²) in [6, 6.07) is 0.107. The predicted octanol–water partition coefficient (Wildman–Crippen LogP) is -0.0484. The van der Waals surface area contributed by atoms with Crippen LogP contribution in [-0.4, -0.2) is 64.6 Å². The highest BCUT2D eigenvalue weighted by molar-refractivity contribution is 5.83. The summed E-state index contributed by atoms with van der Waals surface area (Å²) in [4.78, 5) is 42.1. The first kappa shape index (κ1) is 22.6. The molecule has 0 saturated heterocycles. The number of nitrogens with one attached hydrogen (secondary N) is 4. The van der Waals surface area contributed by atoms with Crippen molar-refractivity contribution >= 4 is 23.6 Å². The zero-order valence-electron chi connectivity index (χ0n) is 19.2. The molecule has 3 heterocycles. The number of rotatable bonds is 6. The Bertz CT molecular complexity index is 1500. The summed E-state index contributed by atoms with van der Waals surface area (Å²) in [5.74, 6) is -4.52. The van der Waals surface area contributed by atoms with Crippen molar-refractivity contribution in [1.82, 2.24) is 34.9 Å². The Morgan fingerprint density at radius 3 is 2.53 bits per heavy atom. The maximum atomic E-state index is 13.1. The highest BCUT2D eigenvalue weighted by Crippen LogP contribution is 2.48. The van der Waals surface area contributed by atoms with Crippen molar-refractivity contribution in [3.05, 3.63) is 33.2 Å². The lowest BCUT2D eigenvalue weighted by molar-refractivity contribution is -0.125. The fourth-order valence-electron chi connectivity index (χ4n) is 4.51. The Hall–Kier alpha value is -3.84. The van der Waals surface area contributed by atoms with Crippen molar-refractivity contribution in [1.29, 1.82) is 0 Å². The molecule has 36 heavy (non-hydrogen) atoms. The molecule has 1 unspecified atom stereocenters. The van der Waals surface area contributed by atoms with Crippen LogP contribution in [0.25, 0.3) is 11.7 Å². The molecule has 190 valence electrons. The molecular weight excluding hydrogens is 476 g/mol. The summed E-state index contributed by atoms with van der Waals surface area (Å²) < 4.78 is 27.8. The zero-order valence-corrected chi connectivity index (χ0v) is 19.2. The molecule has 14 heteroatoms.